The van der Waals surface area contributed by atoms with E-state index in [1.54, 1.807) is 6.07 Å². The summed E-state index contributed by atoms with van der Waals surface area (Å²) in [7, 11) is 0. The predicted molar refractivity (Wildman–Crippen MR) is 46.6 cm³/mol. The van der Waals surface area contributed by atoms with Gasteiger partial charge < -0.3 is 5.11 Å². The molecule has 0 aliphatic carbocycles. The highest BCUT2D eigenvalue weighted by Crippen LogP contribution is 2.30. The number of nitriles is 1. The van der Waals surface area contributed by atoms with Crippen LogP contribution in [0.3, 0.4) is 0 Å². The summed E-state index contributed by atoms with van der Waals surface area (Å²) in [5.74, 6) is 0. The third-order valence-electron chi connectivity index (χ3n) is 1.99. The standard InChI is InChI=1S/C10H8F3NO/c1-9(15,6-14)7-2-4-8(5-3-7)10(11,12)13/h2-5,15H,1H3. The van der Waals surface area contributed by atoms with E-state index in [-0.39, 0.29) is 5.56 Å². The lowest BCUT2D eigenvalue weighted by atomic mass is 9.97. The first-order valence-corrected chi connectivity index (χ1v) is 4.09. The van der Waals surface area contributed by atoms with Crippen LogP contribution >= 0.6 is 0 Å². The van der Waals surface area contributed by atoms with Gasteiger partial charge in [-0.2, -0.15) is 18.4 Å². The first kappa shape index (κ1) is 11.5. The highest BCUT2D eigenvalue weighted by atomic mass is 19.4. The third kappa shape index (κ3) is 2.48. The topological polar surface area (TPSA) is 44.0 Å². The highest BCUT2D eigenvalue weighted by molar-refractivity contribution is 5.31. The molecule has 0 aromatic heterocycles. The van der Waals surface area contributed by atoms with E-state index in [0.29, 0.717) is 0 Å². The van der Waals surface area contributed by atoms with E-state index in [0.717, 1.165) is 24.3 Å². The Morgan fingerprint density at radius 3 is 1.87 bits per heavy atom. The SMILES string of the molecule is CC(O)(C#N)c1ccc(C(F)(F)F)cc1. The molecule has 0 radical (unpaired) electrons. The van der Waals surface area contributed by atoms with Crippen molar-refractivity contribution in [1.29, 1.82) is 5.26 Å². The summed E-state index contributed by atoms with van der Waals surface area (Å²) in [6.07, 6.45) is -4.41. The molecular weight excluding hydrogens is 207 g/mol. The maximum absolute atomic E-state index is 12.2. The Kier molecular flexibility index (Phi) is 2.73. The lowest BCUT2D eigenvalue weighted by Gasteiger charge is -2.15. The average Bonchev–Trinajstić information content (AvgIpc) is 2.17. The largest absolute Gasteiger partial charge is 0.416 e. The predicted octanol–water partition coefficient (Wildman–Crippen LogP) is 2.44. The molecule has 15 heavy (non-hydrogen) atoms. The monoisotopic (exact) mass is 215 g/mol. The zero-order valence-electron chi connectivity index (χ0n) is 7.84. The minimum atomic E-state index is -4.41. The molecule has 5 heteroatoms. The summed E-state index contributed by atoms with van der Waals surface area (Å²) in [5.41, 5.74) is -2.43. The normalized spacial score (nSPS) is 15.5. The van der Waals surface area contributed by atoms with E-state index < -0.39 is 17.3 Å². The molecule has 0 amide bonds. The minimum Gasteiger partial charge on any atom is -0.372 e. The van der Waals surface area contributed by atoms with Gasteiger partial charge in [0.05, 0.1) is 5.56 Å². The molecule has 0 spiro atoms. The van der Waals surface area contributed by atoms with Crippen LogP contribution in [0, 0.1) is 11.3 Å². The van der Waals surface area contributed by atoms with Gasteiger partial charge in [-0.25, -0.2) is 0 Å². The van der Waals surface area contributed by atoms with Crippen molar-refractivity contribution >= 4 is 0 Å². The van der Waals surface area contributed by atoms with Crippen LogP contribution in [0.5, 0.6) is 0 Å². The summed E-state index contributed by atoms with van der Waals surface area (Å²) in [6.45, 7) is 1.22. The van der Waals surface area contributed by atoms with Crippen molar-refractivity contribution in [2.75, 3.05) is 0 Å². The van der Waals surface area contributed by atoms with Gasteiger partial charge in [-0.15, -0.1) is 0 Å². The van der Waals surface area contributed by atoms with Crippen molar-refractivity contribution in [2.45, 2.75) is 18.7 Å². The molecule has 1 rings (SSSR count). The van der Waals surface area contributed by atoms with E-state index in [9.17, 15) is 18.3 Å². The van der Waals surface area contributed by atoms with Gasteiger partial charge in [0.25, 0.3) is 0 Å². The second-order valence-electron chi connectivity index (χ2n) is 3.26. The van der Waals surface area contributed by atoms with Gasteiger partial charge in [-0.3, -0.25) is 0 Å². The smallest absolute Gasteiger partial charge is 0.372 e. The molecule has 0 fully saturated rings. The lowest BCUT2D eigenvalue weighted by molar-refractivity contribution is -0.137. The maximum Gasteiger partial charge on any atom is 0.416 e. The van der Waals surface area contributed by atoms with Crippen LogP contribution in [0.4, 0.5) is 13.2 Å². The number of hydrogen-bond acceptors (Lipinski definition) is 2. The van der Waals surface area contributed by atoms with E-state index in [2.05, 4.69) is 0 Å². The highest BCUT2D eigenvalue weighted by Gasteiger charge is 2.31. The molecule has 1 aromatic carbocycles. The zero-order valence-corrected chi connectivity index (χ0v) is 7.84. The molecule has 2 nitrogen and oxygen atoms in total. The molecule has 1 unspecified atom stereocenters. The minimum absolute atomic E-state index is 0.137. The summed E-state index contributed by atoms with van der Waals surface area (Å²) in [6, 6.07) is 5.44. The molecule has 1 aromatic rings. The van der Waals surface area contributed by atoms with Gasteiger partial charge in [-0.1, -0.05) is 12.1 Å². The van der Waals surface area contributed by atoms with E-state index in [1.807, 2.05) is 0 Å². The van der Waals surface area contributed by atoms with Gasteiger partial charge in [0.1, 0.15) is 6.07 Å². The molecular formula is C10H8F3NO. The molecule has 0 saturated heterocycles. The Balaban J connectivity index is 3.08. The fourth-order valence-electron chi connectivity index (χ4n) is 1.05. The van der Waals surface area contributed by atoms with Crippen LogP contribution in [-0.4, -0.2) is 5.11 Å². The first-order valence-electron chi connectivity index (χ1n) is 4.09. The summed E-state index contributed by atoms with van der Waals surface area (Å²) in [4.78, 5) is 0. The van der Waals surface area contributed by atoms with Crippen molar-refractivity contribution in [3.63, 3.8) is 0 Å². The van der Waals surface area contributed by atoms with Gasteiger partial charge in [-0.05, 0) is 24.6 Å². The summed E-state index contributed by atoms with van der Waals surface area (Å²) < 4.78 is 36.5. The van der Waals surface area contributed by atoms with Crippen LogP contribution in [0.25, 0.3) is 0 Å². The van der Waals surface area contributed by atoms with Crippen LogP contribution in [0.1, 0.15) is 18.1 Å². The first-order chi connectivity index (χ1) is 6.77. The van der Waals surface area contributed by atoms with Crippen LogP contribution < -0.4 is 0 Å². The number of rotatable bonds is 1. The molecule has 0 heterocycles. The second kappa shape index (κ2) is 3.55. The van der Waals surface area contributed by atoms with E-state index in [1.165, 1.54) is 6.92 Å². The Bertz CT molecular complexity index is 387. The van der Waals surface area contributed by atoms with Gasteiger partial charge >= 0.3 is 6.18 Å². The van der Waals surface area contributed by atoms with Crippen molar-refractivity contribution in [2.24, 2.45) is 0 Å². The Morgan fingerprint density at radius 2 is 1.53 bits per heavy atom. The Labute approximate surface area is 84.6 Å². The Hall–Kier alpha value is -1.54. The van der Waals surface area contributed by atoms with Crippen LogP contribution in [0.15, 0.2) is 24.3 Å². The van der Waals surface area contributed by atoms with E-state index >= 15 is 0 Å². The van der Waals surface area contributed by atoms with Gasteiger partial charge in [0, 0.05) is 0 Å². The fraction of sp³-hybridized carbons (Fsp3) is 0.300. The van der Waals surface area contributed by atoms with E-state index in [4.69, 9.17) is 5.26 Å². The summed E-state index contributed by atoms with van der Waals surface area (Å²) >= 11 is 0. The second-order valence-corrected chi connectivity index (χ2v) is 3.26. The third-order valence-corrected chi connectivity index (χ3v) is 1.99. The number of hydrogen-bond donors (Lipinski definition) is 1. The maximum atomic E-state index is 12.2. The molecule has 0 aliphatic heterocycles. The number of halogens is 3. The van der Waals surface area contributed by atoms with Crippen molar-refractivity contribution in [3.8, 4) is 6.07 Å². The Morgan fingerprint density at radius 1 is 1.13 bits per heavy atom. The van der Waals surface area contributed by atoms with Crippen molar-refractivity contribution in [1.82, 2.24) is 0 Å². The molecule has 80 valence electrons. The fourth-order valence-corrected chi connectivity index (χ4v) is 1.05. The van der Waals surface area contributed by atoms with Crippen molar-refractivity contribution < 1.29 is 18.3 Å². The van der Waals surface area contributed by atoms with Gasteiger partial charge in [0.15, 0.2) is 5.60 Å². The molecule has 1 atom stereocenters. The average molecular weight is 215 g/mol. The zero-order chi connectivity index (χ0) is 11.7. The molecule has 0 aliphatic rings. The van der Waals surface area contributed by atoms with Gasteiger partial charge in [0.2, 0.25) is 0 Å². The lowest BCUT2D eigenvalue weighted by Crippen LogP contribution is -2.18. The molecule has 0 bridgehead atoms. The number of benzene rings is 1. The molecule has 0 saturated carbocycles. The van der Waals surface area contributed by atoms with Crippen molar-refractivity contribution in [3.05, 3.63) is 35.4 Å². The molecule has 1 N–H and O–H groups in total. The quantitative estimate of drug-likeness (QED) is 0.731. The number of alkyl halides is 3. The van der Waals surface area contributed by atoms with Crippen LogP contribution in [0.2, 0.25) is 0 Å². The number of aliphatic hydroxyl groups is 1. The summed E-state index contributed by atoms with van der Waals surface area (Å²) in [5, 5.41) is 18.0. The van der Waals surface area contributed by atoms with Crippen LogP contribution in [-0.2, 0) is 11.8 Å². The number of nitrogens with zero attached hydrogens (tertiary/aromatic N) is 1.